The number of hydrogen-bond donors (Lipinski definition) is 1. The molecule has 2 fully saturated rings. The number of rotatable bonds is 2. The zero-order valence-corrected chi connectivity index (χ0v) is 12.3. The molecule has 102 valence electrons. The molecule has 2 aliphatic heterocycles. The van der Waals surface area contributed by atoms with Crippen LogP contribution in [0.3, 0.4) is 0 Å². The van der Waals surface area contributed by atoms with Gasteiger partial charge in [-0.05, 0) is 40.9 Å². The van der Waals surface area contributed by atoms with Crippen molar-refractivity contribution in [1.29, 1.82) is 0 Å². The van der Waals surface area contributed by atoms with Crippen molar-refractivity contribution < 1.29 is 4.79 Å². The third-order valence-corrected chi connectivity index (χ3v) is 4.23. The monoisotopic (exact) mass is 324 g/mol. The third-order valence-electron chi connectivity index (χ3n) is 3.76. The maximum atomic E-state index is 11.7. The molecule has 0 saturated carbocycles. The number of nitrogens with one attached hydrogen (secondary N) is 1. The fourth-order valence-corrected chi connectivity index (χ4v) is 3.04. The molecule has 1 N–H and O–H groups in total. The molecule has 1 atom stereocenters. The minimum absolute atomic E-state index is 0.0793. The Balaban J connectivity index is 1.71. The molecular weight excluding hydrogens is 308 g/mol. The maximum absolute atomic E-state index is 11.7. The Kier molecular flexibility index (Phi) is 3.59. The number of pyridine rings is 1. The van der Waals surface area contributed by atoms with E-state index in [0.717, 1.165) is 49.3 Å². The fraction of sp³-hybridized carbons (Fsp3) is 0.538. The van der Waals surface area contributed by atoms with Gasteiger partial charge in [-0.25, -0.2) is 9.78 Å². The first-order valence-corrected chi connectivity index (χ1v) is 7.44. The molecule has 1 aromatic heterocycles. The van der Waals surface area contributed by atoms with Gasteiger partial charge in [0.15, 0.2) is 0 Å². The molecule has 2 amide bonds. The molecule has 0 bridgehead atoms. The van der Waals surface area contributed by atoms with Crippen LogP contribution in [0, 0.1) is 0 Å². The first-order chi connectivity index (χ1) is 9.24. The summed E-state index contributed by atoms with van der Waals surface area (Å²) in [5, 5.41) is 2.88. The Morgan fingerprint density at radius 3 is 2.95 bits per heavy atom. The average Bonchev–Trinajstić information content (AvgIpc) is 2.86. The Bertz CT molecular complexity index is 464. The molecule has 3 rings (SSSR count). The summed E-state index contributed by atoms with van der Waals surface area (Å²) in [5.41, 5.74) is 0. The van der Waals surface area contributed by atoms with E-state index in [1.807, 2.05) is 23.2 Å². The number of piperidine rings is 1. The number of hydrogen-bond acceptors (Lipinski definition) is 3. The molecule has 6 heteroatoms. The zero-order valence-electron chi connectivity index (χ0n) is 10.7. The van der Waals surface area contributed by atoms with E-state index >= 15 is 0 Å². The number of anilines is 1. The van der Waals surface area contributed by atoms with Gasteiger partial charge < -0.3 is 15.1 Å². The van der Waals surface area contributed by atoms with Gasteiger partial charge >= 0.3 is 6.03 Å². The topological polar surface area (TPSA) is 48.5 Å². The van der Waals surface area contributed by atoms with Gasteiger partial charge in [-0.1, -0.05) is 0 Å². The lowest BCUT2D eigenvalue weighted by molar-refractivity contribution is 0.189. The van der Waals surface area contributed by atoms with E-state index in [2.05, 4.69) is 31.1 Å². The predicted octanol–water partition coefficient (Wildman–Crippen LogP) is 1.84. The number of carbonyl (C=O) groups is 1. The van der Waals surface area contributed by atoms with Gasteiger partial charge in [0, 0.05) is 36.8 Å². The number of amides is 2. The summed E-state index contributed by atoms with van der Waals surface area (Å²) in [5.74, 6) is 0.993. The van der Waals surface area contributed by atoms with Crippen LogP contribution in [-0.2, 0) is 0 Å². The van der Waals surface area contributed by atoms with Crippen LogP contribution < -0.4 is 10.2 Å². The van der Waals surface area contributed by atoms with Gasteiger partial charge in [0.25, 0.3) is 0 Å². The smallest absolute Gasteiger partial charge is 0.317 e. The van der Waals surface area contributed by atoms with E-state index in [-0.39, 0.29) is 6.03 Å². The van der Waals surface area contributed by atoms with Crippen molar-refractivity contribution in [1.82, 2.24) is 15.2 Å². The molecule has 19 heavy (non-hydrogen) atoms. The van der Waals surface area contributed by atoms with Gasteiger partial charge in [-0.2, -0.15) is 0 Å². The molecular formula is C13H17BrN4O. The third kappa shape index (κ3) is 2.68. The number of urea groups is 1. The number of halogens is 1. The quantitative estimate of drug-likeness (QED) is 0.903. The average molecular weight is 325 g/mol. The molecule has 0 radical (unpaired) electrons. The van der Waals surface area contributed by atoms with Crippen molar-refractivity contribution in [3.05, 3.63) is 22.8 Å². The molecule has 3 heterocycles. The standard InChI is InChI=1S/C13H17BrN4O/c14-10-3-4-12(16-8-10)17-6-1-2-11(9-17)18-7-5-15-13(18)19/h3-4,8,11H,1-2,5-7,9H2,(H,15,19). The summed E-state index contributed by atoms with van der Waals surface area (Å²) in [6.45, 7) is 3.49. The summed E-state index contributed by atoms with van der Waals surface area (Å²) in [6.07, 6.45) is 4.01. The Hall–Kier alpha value is -1.30. The SMILES string of the molecule is O=C1NCCN1C1CCCN(c2ccc(Br)cn2)C1. The molecule has 1 aromatic rings. The van der Waals surface area contributed by atoms with Crippen molar-refractivity contribution >= 4 is 27.8 Å². The first-order valence-electron chi connectivity index (χ1n) is 6.65. The zero-order chi connectivity index (χ0) is 13.2. The van der Waals surface area contributed by atoms with Crippen molar-refractivity contribution in [2.24, 2.45) is 0 Å². The van der Waals surface area contributed by atoms with Gasteiger partial charge in [0.2, 0.25) is 0 Å². The second kappa shape index (κ2) is 5.36. The van der Waals surface area contributed by atoms with Crippen LogP contribution in [0.1, 0.15) is 12.8 Å². The van der Waals surface area contributed by atoms with E-state index in [1.165, 1.54) is 0 Å². The van der Waals surface area contributed by atoms with Crippen LogP contribution in [0.5, 0.6) is 0 Å². The van der Waals surface area contributed by atoms with E-state index in [1.54, 1.807) is 0 Å². The van der Waals surface area contributed by atoms with E-state index in [0.29, 0.717) is 6.04 Å². The minimum Gasteiger partial charge on any atom is -0.355 e. The number of carbonyl (C=O) groups excluding carboxylic acids is 1. The Morgan fingerprint density at radius 1 is 1.37 bits per heavy atom. The molecule has 0 spiro atoms. The fourth-order valence-electron chi connectivity index (χ4n) is 2.81. The summed E-state index contributed by atoms with van der Waals surface area (Å²) in [4.78, 5) is 20.4. The molecule has 2 aliphatic rings. The van der Waals surface area contributed by atoms with E-state index < -0.39 is 0 Å². The lowest BCUT2D eigenvalue weighted by Gasteiger charge is -2.37. The summed E-state index contributed by atoms with van der Waals surface area (Å²) in [7, 11) is 0. The Labute approximate surface area is 121 Å². The lowest BCUT2D eigenvalue weighted by atomic mass is 10.0. The summed E-state index contributed by atoms with van der Waals surface area (Å²) in [6, 6.07) is 4.42. The van der Waals surface area contributed by atoms with Crippen LogP contribution in [0.25, 0.3) is 0 Å². The Morgan fingerprint density at radius 2 is 2.26 bits per heavy atom. The van der Waals surface area contributed by atoms with Gasteiger partial charge in [-0.15, -0.1) is 0 Å². The highest BCUT2D eigenvalue weighted by atomic mass is 79.9. The molecule has 5 nitrogen and oxygen atoms in total. The second-order valence-electron chi connectivity index (χ2n) is 5.00. The summed E-state index contributed by atoms with van der Waals surface area (Å²) >= 11 is 3.40. The van der Waals surface area contributed by atoms with Crippen LogP contribution in [0.4, 0.5) is 10.6 Å². The van der Waals surface area contributed by atoms with Gasteiger partial charge in [0.1, 0.15) is 5.82 Å². The maximum Gasteiger partial charge on any atom is 0.317 e. The van der Waals surface area contributed by atoms with Gasteiger partial charge in [0.05, 0.1) is 6.04 Å². The van der Waals surface area contributed by atoms with Crippen molar-refractivity contribution in [3.63, 3.8) is 0 Å². The molecule has 1 unspecified atom stereocenters. The van der Waals surface area contributed by atoms with Crippen molar-refractivity contribution in [3.8, 4) is 0 Å². The van der Waals surface area contributed by atoms with E-state index in [9.17, 15) is 4.79 Å². The number of aromatic nitrogens is 1. The van der Waals surface area contributed by atoms with E-state index in [4.69, 9.17) is 0 Å². The normalized spacial score (nSPS) is 23.6. The summed E-state index contributed by atoms with van der Waals surface area (Å²) < 4.78 is 0.990. The highest BCUT2D eigenvalue weighted by molar-refractivity contribution is 9.10. The number of nitrogens with zero attached hydrogens (tertiary/aromatic N) is 3. The molecule has 0 aliphatic carbocycles. The predicted molar refractivity (Wildman–Crippen MR) is 77.3 cm³/mol. The minimum atomic E-state index is 0.0793. The first kappa shape index (κ1) is 12.7. The van der Waals surface area contributed by atoms with Crippen LogP contribution in [0.15, 0.2) is 22.8 Å². The van der Waals surface area contributed by atoms with Crippen LogP contribution >= 0.6 is 15.9 Å². The van der Waals surface area contributed by atoms with Gasteiger partial charge in [-0.3, -0.25) is 0 Å². The lowest BCUT2D eigenvalue weighted by Crippen LogP contribution is -2.49. The largest absolute Gasteiger partial charge is 0.355 e. The van der Waals surface area contributed by atoms with Crippen LogP contribution in [0.2, 0.25) is 0 Å². The van der Waals surface area contributed by atoms with Crippen LogP contribution in [-0.4, -0.2) is 48.1 Å². The molecule has 0 aromatic carbocycles. The van der Waals surface area contributed by atoms with Crippen molar-refractivity contribution in [2.45, 2.75) is 18.9 Å². The molecule has 2 saturated heterocycles. The highest BCUT2D eigenvalue weighted by Gasteiger charge is 2.31. The highest BCUT2D eigenvalue weighted by Crippen LogP contribution is 2.22. The van der Waals surface area contributed by atoms with Crippen molar-refractivity contribution in [2.75, 3.05) is 31.1 Å². The second-order valence-corrected chi connectivity index (χ2v) is 5.92.